The van der Waals surface area contributed by atoms with Gasteiger partial charge in [0.25, 0.3) is 5.91 Å². The highest BCUT2D eigenvalue weighted by Gasteiger charge is 2.43. The predicted molar refractivity (Wildman–Crippen MR) is 126 cm³/mol. The van der Waals surface area contributed by atoms with Gasteiger partial charge in [-0.05, 0) is 60.5 Å². The normalized spacial score (nSPS) is 16.3. The number of ether oxygens (including phenoxy) is 1. The molecule has 0 saturated carbocycles. The molecule has 1 aliphatic heterocycles. The van der Waals surface area contributed by atoms with Gasteiger partial charge in [0.05, 0.1) is 0 Å². The number of hydrogen-bond donors (Lipinski definition) is 3. The van der Waals surface area contributed by atoms with Gasteiger partial charge in [-0.25, -0.2) is 4.98 Å². The summed E-state index contributed by atoms with van der Waals surface area (Å²) in [6.45, 7) is 4.62. The number of nitrogens with one attached hydrogen (secondary N) is 3. The molecular weight excluding hydrogens is 420 g/mol. The maximum Gasteiger partial charge on any atom is 0.268 e. The van der Waals surface area contributed by atoms with Gasteiger partial charge >= 0.3 is 0 Å². The van der Waals surface area contributed by atoms with Crippen LogP contribution in [0, 0.1) is 0 Å². The first kappa shape index (κ1) is 22.0. The van der Waals surface area contributed by atoms with E-state index in [1.165, 1.54) is 13.8 Å². The smallest absolute Gasteiger partial charge is 0.268 e. The molecule has 8 heteroatoms. The number of fused-ring (bicyclic) bond motifs is 1. The third kappa shape index (κ3) is 4.85. The number of anilines is 3. The van der Waals surface area contributed by atoms with Gasteiger partial charge < -0.3 is 20.7 Å². The third-order valence-corrected chi connectivity index (χ3v) is 5.29. The van der Waals surface area contributed by atoms with Crippen LogP contribution in [0.4, 0.5) is 17.1 Å². The lowest BCUT2D eigenvalue weighted by Gasteiger charge is -2.22. The summed E-state index contributed by atoms with van der Waals surface area (Å²) < 4.78 is 6.01. The molecule has 2 aromatic carbocycles. The van der Waals surface area contributed by atoms with E-state index in [0.717, 1.165) is 16.7 Å². The minimum atomic E-state index is -1.14. The zero-order chi connectivity index (χ0) is 23.6. The van der Waals surface area contributed by atoms with E-state index in [1.54, 1.807) is 37.4 Å². The van der Waals surface area contributed by atoms with Crippen LogP contribution in [-0.4, -0.2) is 28.3 Å². The lowest BCUT2D eigenvalue weighted by molar-refractivity contribution is -0.128. The molecular formula is C25H24N4O4. The maximum atomic E-state index is 13.1. The molecule has 1 aromatic heterocycles. The molecule has 3 amide bonds. The van der Waals surface area contributed by atoms with Gasteiger partial charge in [0, 0.05) is 49.1 Å². The summed E-state index contributed by atoms with van der Waals surface area (Å²) in [6.07, 6.45) is 1.98. The van der Waals surface area contributed by atoms with E-state index in [4.69, 9.17) is 4.74 Å². The van der Waals surface area contributed by atoms with Crippen LogP contribution in [0.5, 0.6) is 5.88 Å². The van der Waals surface area contributed by atoms with Gasteiger partial charge in [0.1, 0.15) is 0 Å². The Balaban J connectivity index is 1.54. The van der Waals surface area contributed by atoms with Gasteiger partial charge in [0.15, 0.2) is 5.60 Å². The van der Waals surface area contributed by atoms with Gasteiger partial charge in [-0.1, -0.05) is 12.1 Å². The summed E-state index contributed by atoms with van der Waals surface area (Å²) in [4.78, 5) is 40.0. The topological polar surface area (TPSA) is 109 Å². The number of pyridine rings is 1. The van der Waals surface area contributed by atoms with E-state index in [1.807, 2.05) is 30.3 Å². The number of hydrogen-bond acceptors (Lipinski definition) is 5. The monoisotopic (exact) mass is 444 g/mol. The molecule has 1 unspecified atom stereocenters. The molecule has 33 heavy (non-hydrogen) atoms. The van der Waals surface area contributed by atoms with E-state index in [-0.39, 0.29) is 17.7 Å². The second-order valence-corrected chi connectivity index (χ2v) is 8.13. The number of carbonyl (C=O) groups is 3. The van der Waals surface area contributed by atoms with Crippen molar-refractivity contribution in [3.63, 3.8) is 0 Å². The van der Waals surface area contributed by atoms with Crippen molar-refractivity contribution >= 4 is 34.8 Å². The van der Waals surface area contributed by atoms with Gasteiger partial charge in [-0.2, -0.15) is 0 Å². The zero-order valence-corrected chi connectivity index (χ0v) is 18.6. The molecule has 0 spiro atoms. The number of aromatic nitrogens is 1. The average Bonchev–Trinajstić information content (AvgIpc) is 3.12. The average molecular weight is 444 g/mol. The first-order valence-electron chi connectivity index (χ1n) is 10.5. The first-order chi connectivity index (χ1) is 15.7. The highest BCUT2D eigenvalue weighted by molar-refractivity contribution is 5.99. The molecule has 0 radical (unpaired) electrons. The molecule has 1 aliphatic rings. The van der Waals surface area contributed by atoms with E-state index in [9.17, 15) is 14.4 Å². The molecule has 3 N–H and O–H groups in total. The Morgan fingerprint density at radius 2 is 1.52 bits per heavy atom. The molecule has 2 heterocycles. The van der Waals surface area contributed by atoms with Crippen molar-refractivity contribution in [2.45, 2.75) is 32.8 Å². The van der Waals surface area contributed by atoms with E-state index in [2.05, 4.69) is 20.9 Å². The Morgan fingerprint density at radius 1 is 0.879 bits per heavy atom. The number of rotatable bonds is 5. The maximum absolute atomic E-state index is 13.1. The number of benzene rings is 2. The second-order valence-electron chi connectivity index (χ2n) is 8.13. The molecule has 168 valence electrons. The van der Waals surface area contributed by atoms with Crippen LogP contribution in [0.15, 0.2) is 60.8 Å². The van der Waals surface area contributed by atoms with Crippen LogP contribution in [0.25, 0.3) is 11.1 Å². The fourth-order valence-electron chi connectivity index (χ4n) is 3.79. The largest absolute Gasteiger partial charge is 0.461 e. The number of carbonyl (C=O) groups excluding carboxylic acids is 3. The summed E-state index contributed by atoms with van der Waals surface area (Å²) in [5.74, 6) is -0.200. The van der Waals surface area contributed by atoms with Crippen molar-refractivity contribution in [3.05, 3.63) is 66.4 Å². The minimum Gasteiger partial charge on any atom is -0.461 e. The Labute approximate surface area is 191 Å². The highest BCUT2D eigenvalue weighted by atomic mass is 16.5. The van der Waals surface area contributed by atoms with Gasteiger partial charge in [-0.3, -0.25) is 14.4 Å². The standard InChI is InChI=1S/C25H24N4O4/c1-15(30)27-18-7-9-19(10-8-18)29-24(32)25(3)14-22-21(11-12-26-23(22)33-25)17-5-4-6-20(13-17)28-16(2)31/h4-13H,14H2,1-3H3,(H,27,30)(H,28,31)(H,29,32). The van der Waals surface area contributed by atoms with Crippen LogP contribution in [0.3, 0.4) is 0 Å². The summed E-state index contributed by atoms with van der Waals surface area (Å²) in [6, 6.07) is 16.2. The van der Waals surface area contributed by atoms with Crippen LogP contribution in [0.2, 0.25) is 0 Å². The summed E-state index contributed by atoms with van der Waals surface area (Å²) >= 11 is 0. The predicted octanol–water partition coefficient (Wildman–Crippen LogP) is 4.00. The Kier molecular flexibility index (Phi) is 5.83. The Morgan fingerprint density at radius 3 is 2.18 bits per heavy atom. The molecule has 0 bridgehead atoms. The zero-order valence-electron chi connectivity index (χ0n) is 18.6. The van der Waals surface area contributed by atoms with Crippen molar-refractivity contribution in [3.8, 4) is 17.0 Å². The van der Waals surface area contributed by atoms with Crippen molar-refractivity contribution in [2.75, 3.05) is 16.0 Å². The lowest BCUT2D eigenvalue weighted by atomic mass is 9.93. The minimum absolute atomic E-state index is 0.148. The summed E-state index contributed by atoms with van der Waals surface area (Å²) in [5, 5.41) is 8.35. The van der Waals surface area contributed by atoms with Crippen LogP contribution in [0.1, 0.15) is 26.3 Å². The quantitative estimate of drug-likeness (QED) is 0.551. The molecule has 0 fully saturated rings. The number of nitrogens with zero attached hydrogens (tertiary/aromatic N) is 1. The summed E-state index contributed by atoms with van der Waals surface area (Å²) in [5.41, 5.74) is 3.39. The van der Waals surface area contributed by atoms with E-state index < -0.39 is 5.60 Å². The lowest BCUT2D eigenvalue weighted by Crippen LogP contribution is -2.44. The van der Waals surface area contributed by atoms with E-state index in [0.29, 0.717) is 29.4 Å². The Hall–Kier alpha value is -4.20. The highest BCUT2D eigenvalue weighted by Crippen LogP contribution is 2.40. The van der Waals surface area contributed by atoms with Crippen molar-refractivity contribution in [2.24, 2.45) is 0 Å². The van der Waals surface area contributed by atoms with Gasteiger partial charge in [0.2, 0.25) is 17.7 Å². The first-order valence-corrected chi connectivity index (χ1v) is 10.5. The van der Waals surface area contributed by atoms with Crippen LogP contribution >= 0.6 is 0 Å². The van der Waals surface area contributed by atoms with Crippen molar-refractivity contribution in [1.82, 2.24) is 4.98 Å². The fourth-order valence-corrected chi connectivity index (χ4v) is 3.79. The van der Waals surface area contributed by atoms with Crippen molar-refractivity contribution < 1.29 is 19.1 Å². The van der Waals surface area contributed by atoms with Crippen molar-refractivity contribution in [1.29, 1.82) is 0 Å². The summed E-state index contributed by atoms with van der Waals surface area (Å²) in [7, 11) is 0. The van der Waals surface area contributed by atoms with Crippen LogP contribution < -0.4 is 20.7 Å². The van der Waals surface area contributed by atoms with Gasteiger partial charge in [-0.15, -0.1) is 0 Å². The molecule has 4 rings (SSSR count). The molecule has 0 aliphatic carbocycles. The SMILES string of the molecule is CC(=O)Nc1ccc(NC(=O)C2(C)Cc3c(-c4cccc(NC(C)=O)c4)ccnc3O2)cc1. The van der Waals surface area contributed by atoms with E-state index >= 15 is 0 Å². The van der Waals surface area contributed by atoms with Crippen LogP contribution in [-0.2, 0) is 20.8 Å². The Bertz CT molecular complexity index is 1240. The molecule has 1 atom stereocenters. The molecule has 8 nitrogen and oxygen atoms in total. The fraction of sp³-hybridized carbons (Fsp3) is 0.200. The number of amides is 3. The molecule has 0 saturated heterocycles. The molecule has 3 aromatic rings. The third-order valence-electron chi connectivity index (χ3n) is 5.29. The second kappa shape index (κ2) is 8.74.